The lowest BCUT2D eigenvalue weighted by Gasteiger charge is -2.40. The van der Waals surface area contributed by atoms with Crippen molar-refractivity contribution >= 4 is 17.5 Å². The van der Waals surface area contributed by atoms with Gasteiger partial charge in [-0.25, -0.2) is 0 Å². The molecular weight excluding hydrogens is 685 g/mol. The fourth-order valence-corrected chi connectivity index (χ4v) is 7.91. The van der Waals surface area contributed by atoms with Crippen molar-refractivity contribution in [1.29, 1.82) is 0 Å². The topological polar surface area (TPSA) is 76.2 Å². The van der Waals surface area contributed by atoms with Gasteiger partial charge in [0.15, 0.2) is 17.3 Å². The van der Waals surface area contributed by atoms with Gasteiger partial charge < -0.3 is 24.4 Å². The van der Waals surface area contributed by atoms with Crippen LogP contribution >= 0.6 is 0 Å². The zero-order valence-corrected chi connectivity index (χ0v) is 33.3. The van der Waals surface area contributed by atoms with Crippen LogP contribution < -0.4 is 24.4 Å². The number of para-hydroxylation sites is 1. The molecule has 1 saturated heterocycles. The Bertz CT molecular complexity index is 2010. The molecule has 3 aliphatic rings. The number of nitrogens with zero attached hydrogens (tertiary/aromatic N) is 3. The maximum absolute atomic E-state index is 12.6. The standard InChI is InChI=1S/C45H50N4O4.C2H6/c1-6-33-22-35(24-43(52-4)45(33)53-5)37-20-32(26-46-27-37)29-49(38-10-8-7-9-11-38)39-15-18-48(19-16-39)28-31-14-17-47-41(21-31)36-23-40(34-12-13-34)44(30(2)50)42(25-36)51-3;1-2/h6-11,14,17,20-27,34,39,41,47H,1,12-13,15-16,18-19,28-29H2,2-5H3;1-2H3. The van der Waals surface area contributed by atoms with E-state index in [1.807, 2.05) is 38.4 Å². The van der Waals surface area contributed by atoms with Gasteiger partial charge >= 0.3 is 0 Å². The summed E-state index contributed by atoms with van der Waals surface area (Å²) < 4.78 is 17.0. The van der Waals surface area contributed by atoms with Crippen molar-refractivity contribution in [3.8, 4) is 28.4 Å². The molecule has 1 N–H and O–H groups in total. The first-order valence-corrected chi connectivity index (χ1v) is 19.6. The minimum atomic E-state index is 0.0280. The van der Waals surface area contributed by atoms with Gasteiger partial charge in [0.25, 0.3) is 0 Å². The molecule has 3 aromatic carbocycles. The van der Waals surface area contributed by atoms with E-state index in [0.29, 0.717) is 29.2 Å². The minimum absolute atomic E-state index is 0.0280. The SMILES string of the molecule is C=Cc1cc(-c2cncc(CN(c3ccccc3)C3CCN(CC4=CC(c5cc(OC)c(C(C)=O)c(C6CC6)c5)NC=C4)CC3)c2)cc(OC)c1OC.CC. The van der Waals surface area contributed by atoms with Crippen molar-refractivity contribution in [3.63, 3.8) is 0 Å². The smallest absolute Gasteiger partial charge is 0.167 e. The number of nitrogens with one attached hydrogen (secondary N) is 1. The Morgan fingerprint density at radius 2 is 1.67 bits per heavy atom. The van der Waals surface area contributed by atoms with E-state index in [4.69, 9.17) is 14.2 Å². The second-order valence-electron chi connectivity index (χ2n) is 14.3. The molecule has 1 unspecified atom stereocenters. The number of ether oxygens (including phenoxy) is 3. The predicted molar refractivity (Wildman–Crippen MR) is 224 cm³/mol. The van der Waals surface area contributed by atoms with Crippen molar-refractivity contribution in [2.75, 3.05) is 45.9 Å². The molecule has 0 amide bonds. The first-order valence-electron chi connectivity index (χ1n) is 19.6. The van der Waals surface area contributed by atoms with Crippen LogP contribution in [0.2, 0.25) is 0 Å². The summed E-state index contributed by atoms with van der Waals surface area (Å²) >= 11 is 0. The number of rotatable bonds is 14. The quantitative estimate of drug-likeness (QED) is 0.128. The molecule has 8 nitrogen and oxygen atoms in total. The summed E-state index contributed by atoms with van der Waals surface area (Å²) in [4.78, 5) is 22.4. The summed E-state index contributed by atoms with van der Waals surface area (Å²) in [6, 6.07) is 21.7. The lowest BCUT2D eigenvalue weighted by molar-refractivity contribution is 0.101. The number of dihydropyridines is 1. The van der Waals surface area contributed by atoms with E-state index < -0.39 is 0 Å². The summed E-state index contributed by atoms with van der Waals surface area (Å²) in [6.45, 7) is 13.3. The molecule has 1 aliphatic carbocycles. The molecule has 0 spiro atoms. The number of hydrogen-bond donors (Lipinski definition) is 1. The van der Waals surface area contributed by atoms with E-state index in [9.17, 15) is 4.79 Å². The highest BCUT2D eigenvalue weighted by Crippen LogP contribution is 2.45. The molecule has 0 radical (unpaired) electrons. The average molecular weight is 741 g/mol. The third-order valence-corrected chi connectivity index (χ3v) is 10.8. The van der Waals surface area contributed by atoms with Crippen LogP contribution in [0.25, 0.3) is 17.2 Å². The fraction of sp³-hybridized carbons (Fsp3) is 0.362. The Morgan fingerprint density at radius 1 is 0.927 bits per heavy atom. The maximum atomic E-state index is 12.6. The molecule has 55 heavy (non-hydrogen) atoms. The molecule has 2 aliphatic heterocycles. The summed E-state index contributed by atoms with van der Waals surface area (Å²) in [7, 11) is 4.96. The molecule has 4 aromatic rings. The summed E-state index contributed by atoms with van der Waals surface area (Å²) in [6.07, 6.45) is 16.6. The number of carbonyl (C=O) groups is 1. The van der Waals surface area contributed by atoms with E-state index in [2.05, 4.69) is 93.6 Å². The van der Waals surface area contributed by atoms with E-state index in [-0.39, 0.29) is 11.8 Å². The van der Waals surface area contributed by atoms with Crippen molar-refractivity contribution in [3.05, 3.63) is 131 Å². The van der Waals surface area contributed by atoms with E-state index >= 15 is 0 Å². The van der Waals surface area contributed by atoms with Crippen LogP contribution in [0, 0.1) is 0 Å². The second-order valence-corrected chi connectivity index (χ2v) is 14.3. The van der Waals surface area contributed by atoms with E-state index in [1.165, 1.54) is 11.3 Å². The Morgan fingerprint density at radius 3 is 2.33 bits per heavy atom. The third kappa shape index (κ3) is 9.14. The Kier molecular flexibility index (Phi) is 13.1. The maximum Gasteiger partial charge on any atom is 0.167 e. The Balaban J connectivity index is 0.00000253. The minimum Gasteiger partial charge on any atom is -0.496 e. The van der Waals surface area contributed by atoms with Gasteiger partial charge in [0, 0.05) is 61.4 Å². The number of Topliss-reactive ketones (excluding diaryl/α,β-unsaturated/α-hetero) is 1. The monoisotopic (exact) mass is 740 g/mol. The van der Waals surface area contributed by atoms with Gasteiger partial charge in [0.1, 0.15) is 5.75 Å². The molecule has 1 saturated carbocycles. The van der Waals surface area contributed by atoms with Crippen LogP contribution in [0.4, 0.5) is 5.69 Å². The predicted octanol–water partition coefficient (Wildman–Crippen LogP) is 9.78. The number of methoxy groups -OCH3 is 3. The highest BCUT2D eigenvalue weighted by Gasteiger charge is 2.31. The first kappa shape index (κ1) is 39.4. The normalized spacial score (nSPS) is 16.9. The number of piperidine rings is 1. The first-order chi connectivity index (χ1) is 26.9. The highest BCUT2D eigenvalue weighted by molar-refractivity contribution is 5.99. The Labute approximate surface area is 327 Å². The van der Waals surface area contributed by atoms with Gasteiger partial charge in [0.05, 0.1) is 32.9 Å². The molecule has 0 bridgehead atoms. The number of benzene rings is 3. The van der Waals surface area contributed by atoms with Gasteiger partial charge in [-0.1, -0.05) is 56.8 Å². The molecule has 8 heteroatoms. The van der Waals surface area contributed by atoms with Gasteiger partial charge in [-0.3, -0.25) is 14.7 Å². The number of likely N-dealkylation sites (tertiary alicyclic amines) is 1. The molecule has 3 heterocycles. The van der Waals surface area contributed by atoms with Crippen LogP contribution in [-0.2, 0) is 6.54 Å². The molecule has 2 fully saturated rings. The van der Waals surface area contributed by atoms with Gasteiger partial charge in [-0.2, -0.15) is 0 Å². The number of aromatic nitrogens is 1. The third-order valence-electron chi connectivity index (χ3n) is 10.8. The largest absolute Gasteiger partial charge is 0.496 e. The van der Waals surface area contributed by atoms with Crippen molar-refractivity contribution in [2.45, 2.75) is 71.0 Å². The van der Waals surface area contributed by atoms with Gasteiger partial charge in [0.2, 0.25) is 0 Å². The number of ketones is 1. The number of anilines is 1. The van der Waals surface area contributed by atoms with Crippen LogP contribution in [0.15, 0.2) is 104 Å². The molecule has 288 valence electrons. The van der Waals surface area contributed by atoms with Crippen LogP contribution in [0.3, 0.4) is 0 Å². The number of pyridine rings is 1. The lowest BCUT2D eigenvalue weighted by Crippen LogP contribution is -2.45. The van der Waals surface area contributed by atoms with Gasteiger partial charge in [-0.05, 0) is 115 Å². The highest BCUT2D eigenvalue weighted by atomic mass is 16.5. The van der Waals surface area contributed by atoms with Crippen molar-refractivity contribution < 1.29 is 19.0 Å². The van der Waals surface area contributed by atoms with Crippen LogP contribution in [0.1, 0.15) is 91.0 Å². The van der Waals surface area contributed by atoms with Crippen LogP contribution in [0.5, 0.6) is 17.2 Å². The molecule has 1 atom stereocenters. The zero-order chi connectivity index (χ0) is 38.9. The Hall–Kier alpha value is -5.34. The molecular formula is C47H56N4O4. The number of hydrogen-bond acceptors (Lipinski definition) is 8. The fourth-order valence-electron chi connectivity index (χ4n) is 7.91. The number of carbonyl (C=O) groups excluding carboxylic acids is 1. The summed E-state index contributed by atoms with van der Waals surface area (Å²) in [5.41, 5.74) is 9.59. The molecule has 1 aromatic heterocycles. The van der Waals surface area contributed by atoms with Gasteiger partial charge in [-0.15, -0.1) is 0 Å². The van der Waals surface area contributed by atoms with Crippen LogP contribution in [-0.4, -0.2) is 62.7 Å². The summed E-state index contributed by atoms with van der Waals surface area (Å²) in [5.74, 6) is 2.54. The van der Waals surface area contributed by atoms with Crippen molar-refractivity contribution in [1.82, 2.24) is 15.2 Å². The molecule has 7 rings (SSSR count). The summed E-state index contributed by atoms with van der Waals surface area (Å²) in [5, 5.41) is 3.54. The average Bonchev–Trinajstić information content (AvgIpc) is 4.09. The van der Waals surface area contributed by atoms with E-state index in [1.54, 1.807) is 34.3 Å². The lowest BCUT2D eigenvalue weighted by atomic mass is 9.92. The second kappa shape index (κ2) is 18.3. The zero-order valence-electron chi connectivity index (χ0n) is 33.3. The van der Waals surface area contributed by atoms with Crippen molar-refractivity contribution in [2.24, 2.45) is 0 Å². The van der Waals surface area contributed by atoms with E-state index in [0.717, 1.165) is 90.8 Å².